The van der Waals surface area contributed by atoms with Crippen LogP contribution in [-0.4, -0.2) is 47.7 Å². The van der Waals surface area contributed by atoms with E-state index < -0.39 is 41.4 Å². The molecule has 156 valence electrons. The standard InChI is InChI=1S/C16H28N2O9/c1-10(2)6-12(7-13(19)20)8-17-15(22)27-11(3)26-14(21)16(4,5)9-25-18(23)24/h10-12H,6-9H2,1-5H3,(H,17,22)(H,19,20)/t11?,12-/m0/s1. The summed E-state index contributed by atoms with van der Waals surface area (Å²) >= 11 is 0. The predicted octanol–water partition coefficient (Wildman–Crippen LogP) is 1.97. The number of rotatable bonds is 12. The van der Waals surface area contributed by atoms with Crippen molar-refractivity contribution < 1.29 is 38.9 Å². The van der Waals surface area contributed by atoms with E-state index in [0.717, 1.165) is 0 Å². The Hall–Kier alpha value is -2.59. The van der Waals surface area contributed by atoms with Crippen LogP contribution in [0.2, 0.25) is 0 Å². The highest BCUT2D eigenvalue weighted by molar-refractivity contribution is 5.76. The fraction of sp³-hybridized carbons (Fsp3) is 0.812. The Labute approximate surface area is 157 Å². The van der Waals surface area contributed by atoms with Gasteiger partial charge >= 0.3 is 18.0 Å². The van der Waals surface area contributed by atoms with Gasteiger partial charge in [0.05, 0.1) is 5.41 Å². The molecule has 11 nitrogen and oxygen atoms in total. The van der Waals surface area contributed by atoms with E-state index in [1.165, 1.54) is 20.8 Å². The van der Waals surface area contributed by atoms with Gasteiger partial charge < -0.3 is 24.7 Å². The average molecular weight is 392 g/mol. The molecular formula is C16H28N2O9. The van der Waals surface area contributed by atoms with Crippen LogP contribution in [-0.2, 0) is 23.9 Å². The summed E-state index contributed by atoms with van der Waals surface area (Å²) in [6.07, 6.45) is -1.58. The Balaban J connectivity index is 4.45. The van der Waals surface area contributed by atoms with Crippen LogP contribution in [0.15, 0.2) is 0 Å². The SMILES string of the molecule is CC(C)C[C@H](CNC(=O)OC(C)OC(=O)C(C)(C)CO[N+](=O)[O-])CC(=O)O. The topological polar surface area (TPSA) is 154 Å². The molecule has 0 aliphatic rings. The molecule has 0 heterocycles. The minimum Gasteiger partial charge on any atom is -0.481 e. The number of hydrogen-bond donors (Lipinski definition) is 2. The molecule has 2 atom stereocenters. The normalized spacial score (nSPS) is 13.4. The molecule has 0 aromatic heterocycles. The number of hydrogen-bond acceptors (Lipinski definition) is 8. The third-order valence-corrected chi connectivity index (χ3v) is 3.43. The summed E-state index contributed by atoms with van der Waals surface area (Å²) in [5.74, 6) is -1.80. The lowest BCUT2D eigenvalue weighted by molar-refractivity contribution is -0.760. The molecule has 0 aliphatic carbocycles. The minimum absolute atomic E-state index is 0.0896. The second kappa shape index (κ2) is 11.2. The first kappa shape index (κ1) is 24.4. The van der Waals surface area contributed by atoms with E-state index in [9.17, 15) is 24.5 Å². The van der Waals surface area contributed by atoms with Gasteiger partial charge in [0.15, 0.2) is 0 Å². The summed E-state index contributed by atoms with van der Waals surface area (Å²) in [6, 6.07) is 0. The molecule has 0 bridgehead atoms. The Morgan fingerprint density at radius 1 is 1.19 bits per heavy atom. The number of carboxylic acid groups (broad SMARTS) is 1. The summed E-state index contributed by atoms with van der Waals surface area (Å²) in [6.45, 7) is 7.56. The highest BCUT2D eigenvalue weighted by Crippen LogP contribution is 2.19. The zero-order valence-electron chi connectivity index (χ0n) is 16.2. The third-order valence-electron chi connectivity index (χ3n) is 3.43. The van der Waals surface area contributed by atoms with Crippen molar-refractivity contribution in [3.63, 3.8) is 0 Å². The molecule has 1 amide bonds. The van der Waals surface area contributed by atoms with Gasteiger partial charge in [-0.3, -0.25) is 9.59 Å². The van der Waals surface area contributed by atoms with Gasteiger partial charge in [-0.15, -0.1) is 10.1 Å². The van der Waals surface area contributed by atoms with Crippen LogP contribution in [0.4, 0.5) is 4.79 Å². The summed E-state index contributed by atoms with van der Waals surface area (Å²) in [7, 11) is 0. The average Bonchev–Trinajstić information content (AvgIpc) is 2.49. The second-order valence-electron chi connectivity index (χ2n) is 7.23. The monoisotopic (exact) mass is 392 g/mol. The van der Waals surface area contributed by atoms with Crippen molar-refractivity contribution >= 4 is 18.0 Å². The fourth-order valence-corrected chi connectivity index (χ4v) is 2.18. The predicted molar refractivity (Wildman–Crippen MR) is 92.0 cm³/mol. The van der Waals surface area contributed by atoms with Crippen molar-refractivity contribution in [3.05, 3.63) is 10.1 Å². The molecule has 1 unspecified atom stereocenters. The van der Waals surface area contributed by atoms with Crippen LogP contribution in [0.25, 0.3) is 0 Å². The number of nitrogens with zero attached hydrogens (tertiary/aromatic N) is 1. The summed E-state index contributed by atoms with van der Waals surface area (Å²) in [5, 5.41) is 20.5. The maximum Gasteiger partial charge on any atom is 0.410 e. The largest absolute Gasteiger partial charge is 0.481 e. The number of amides is 1. The Morgan fingerprint density at radius 3 is 2.26 bits per heavy atom. The van der Waals surface area contributed by atoms with E-state index in [2.05, 4.69) is 10.2 Å². The molecule has 0 aromatic carbocycles. The number of ether oxygens (including phenoxy) is 2. The van der Waals surface area contributed by atoms with E-state index >= 15 is 0 Å². The molecule has 0 radical (unpaired) electrons. The second-order valence-corrected chi connectivity index (χ2v) is 7.23. The van der Waals surface area contributed by atoms with Gasteiger partial charge in [-0.25, -0.2) is 4.79 Å². The first-order valence-corrected chi connectivity index (χ1v) is 8.48. The molecule has 0 fully saturated rings. The van der Waals surface area contributed by atoms with Crippen LogP contribution in [0.1, 0.15) is 47.5 Å². The van der Waals surface area contributed by atoms with E-state index in [0.29, 0.717) is 6.42 Å². The van der Waals surface area contributed by atoms with Crippen molar-refractivity contribution in [2.75, 3.05) is 13.2 Å². The molecule has 2 N–H and O–H groups in total. The number of carboxylic acids is 1. The van der Waals surface area contributed by atoms with Crippen LogP contribution >= 0.6 is 0 Å². The van der Waals surface area contributed by atoms with Gasteiger partial charge in [0, 0.05) is 19.9 Å². The summed E-state index contributed by atoms with van der Waals surface area (Å²) in [4.78, 5) is 49.0. The lowest BCUT2D eigenvalue weighted by Crippen LogP contribution is -2.38. The third kappa shape index (κ3) is 11.6. The molecule has 0 aromatic rings. The van der Waals surface area contributed by atoms with Gasteiger partial charge in [0.25, 0.3) is 5.09 Å². The molecular weight excluding hydrogens is 364 g/mol. The zero-order chi connectivity index (χ0) is 21.2. The van der Waals surface area contributed by atoms with Crippen LogP contribution in [0.3, 0.4) is 0 Å². The number of aliphatic carboxylic acids is 1. The molecule has 0 spiro atoms. The number of nitrogens with one attached hydrogen (secondary N) is 1. The van der Waals surface area contributed by atoms with Crippen molar-refractivity contribution in [1.29, 1.82) is 0 Å². The van der Waals surface area contributed by atoms with Crippen LogP contribution in [0.5, 0.6) is 0 Å². The molecule has 11 heteroatoms. The fourth-order valence-electron chi connectivity index (χ4n) is 2.18. The Kier molecular flexibility index (Phi) is 10.1. The summed E-state index contributed by atoms with van der Waals surface area (Å²) in [5.41, 5.74) is -1.31. The van der Waals surface area contributed by atoms with Crippen LogP contribution in [0, 0.1) is 27.4 Å². The van der Waals surface area contributed by atoms with Gasteiger partial charge in [-0.1, -0.05) is 13.8 Å². The maximum atomic E-state index is 12.0. The number of carbonyl (C=O) groups is 3. The quantitative estimate of drug-likeness (QED) is 0.219. The number of esters is 1. The Morgan fingerprint density at radius 2 is 1.78 bits per heavy atom. The van der Waals surface area contributed by atoms with E-state index in [1.54, 1.807) is 0 Å². The molecule has 0 saturated carbocycles. The smallest absolute Gasteiger partial charge is 0.410 e. The van der Waals surface area contributed by atoms with E-state index in [4.69, 9.17) is 14.6 Å². The van der Waals surface area contributed by atoms with E-state index in [1.807, 2.05) is 13.8 Å². The Bertz CT molecular complexity index is 534. The van der Waals surface area contributed by atoms with Crippen LogP contribution < -0.4 is 5.32 Å². The first-order valence-electron chi connectivity index (χ1n) is 8.48. The van der Waals surface area contributed by atoms with Crippen molar-refractivity contribution in [1.82, 2.24) is 5.32 Å². The highest BCUT2D eigenvalue weighted by Gasteiger charge is 2.33. The maximum absolute atomic E-state index is 12.0. The lowest BCUT2D eigenvalue weighted by atomic mass is 9.94. The number of carbonyl (C=O) groups excluding carboxylic acids is 2. The minimum atomic E-state index is -1.31. The number of alkyl carbamates (subject to hydrolysis) is 1. The van der Waals surface area contributed by atoms with Crippen molar-refractivity contribution in [2.24, 2.45) is 17.3 Å². The van der Waals surface area contributed by atoms with Crippen molar-refractivity contribution in [3.8, 4) is 0 Å². The lowest BCUT2D eigenvalue weighted by Gasteiger charge is -2.24. The van der Waals surface area contributed by atoms with Gasteiger partial charge in [-0.2, -0.15) is 0 Å². The zero-order valence-corrected chi connectivity index (χ0v) is 16.2. The molecule has 27 heavy (non-hydrogen) atoms. The van der Waals surface area contributed by atoms with E-state index in [-0.39, 0.29) is 24.8 Å². The molecule has 0 saturated heterocycles. The van der Waals surface area contributed by atoms with Gasteiger partial charge in [-0.05, 0) is 32.1 Å². The van der Waals surface area contributed by atoms with Gasteiger partial charge in [0.2, 0.25) is 6.29 Å². The van der Waals surface area contributed by atoms with Gasteiger partial charge in [0.1, 0.15) is 6.61 Å². The highest BCUT2D eigenvalue weighted by atomic mass is 16.9. The van der Waals surface area contributed by atoms with Crippen molar-refractivity contribution in [2.45, 2.75) is 53.8 Å². The first-order chi connectivity index (χ1) is 12.3. The molecule has 0 aliphatic heterocycles. The summed E-state index contributed by atoms with van der Waals surface area (Å²) < 4.78 is 9.82. The molecule has 0 rings (SSSR count).